The Bertz CT molecular complexity index is 811. The first-order chi connectivity index (χ1) is 12.0. The zero-order chi connectivity index (χ0) is 18.0. The lowest BCUT2D eigenvalue weighted by atomic mass is 9.96. The number of nitrogens with one attached hydrogen (secondary N) is 1. The van der Waals surface area contributed by atoms with Crippen molar-refractivity contribution in [2.75, 3.05) is 5.32 Å². The molecule has 3 rings (SSSR count). The molecule has 25 heavy (non-hydrogen) atoms. The van der Waals surface area contributed by atoms with Crippen LogP contribution in [0.2, 0.25) is 0 Å². The molecule has 0 bridgehead atoms. The van der Waals surface area contributed by atoms with Gasteiger partial charge in [0.15, 0.2) is 5.69 Å². The SMILES string of the molecule is CC(C)Oc1ccc(NC(=O)c2noc3c2CCCC3)cc1C(N)=O. The molecule has 0 fully saturated rings. The molecule has 0 spiro atoms. The number of aromatic nitrogens is 1. The maximum absolute atomic E-state index is 12.5. The highest BCUT2D eigenvalue weighted by Gasteiger charge is 2.24. The molecule has 1 aliphatic carbocycles. The van der Waals surface area contributed by atoms with Crippen LogP contribution in [0.25, 0.3) is 0 Å². The van der Waals surface area contributed by atoms with Crippen LogP contribution < -0.4 is 15.8 Å². The third kappa shape index (κ3) is 3.65. The summed E-state index contributed by atoms with van der Waals surface area (Å²) in [5.74, 6) is 0.194. The van der Waals surface area contributed by atoms with E-state index in [0.29, 0.717) is 17.1 Å². The fourth-order valence-electron chi connectivity index (χ4n) is 2.91. The fourth-order valence-corrected chi connectivity index (χ4v) is 2.91. The monoisotopic (exact) mass is 343 g/mol. The van der Waals surface area contributed by atoms with E-state index in [9.17, 15) is 9.59 Å². The lowest BCUT2D eigenvalue weighted by Crippen LogP contribution is -2.18. The Morgan fingerprint density at radius 3 is 2.76 bits per heavy atom. The van der Waals surface area contributed by atoms with Gasteiger partial charge in [0.05, 0.1) is 11.7 Å². The minimum Gasteiger partial charge on any atom is -0.490 e. The molecule has 0 aliphatic heterocycles. The van der Waals surface area contributed by atoms with Crippen molar-refractivity contribution in [3.05, 3.63) is 40.8 Å². The number of anilines is 1. The Morgan fingerprint density at radius 1 is 1.28 bits per heavy atom. The molecule has 1 aromatic heterocycles. The van der Waals surface area contributed by atoms with Crippen LogP contribution in [0.1, 0.15) is 58.9 Å². The van der Waals surface area contributed by atoms with Crippen LogP contribution in [-0.2, 0) is 12.8 Å². The molecule has 0 saturated carbocycles. The summed E-state index contributed by atoms with van der Waals surface area (Å²) in [6.45, 7) is 3.71. The Hall–Kier alpha value is -2.83. The van der Waals surface area contributed by atoms with Crippen LogP contribution in [0.5, 0.6) is 5.75 Å². The van der Waals surface area contributed by atoms with Crippen LogP contribution in [0, 0.1) is 0 Å². The summed E-state index contributed by atoms with van der Waals surface area (Å²) >= 11 is 0. The molecule has 1 heterocycles. The van der Waals surface area contributed by atoms with Crippen molar-refractivity contribution in [1.82, 2.24) is 5.16 Å². The van der Waals surface area contributed by atoms with E-state index in [1.54, 1.807) is 12.1 Å². The van der Waals surface area contributed by atoms with Crippen molar-refractivity contribution < 1.29 is 18.8 Å². The van der Waals surface area contributed by atoms with Crippen molar-refractivity contribution in [2.24, 2.45) is 5.73 Å². The van der Waals surface area contributed by atoms with Crippen molar-refractivity contribution in [1.29, 1.82) is 0 Å². The van der Waals surface area contributed by atoms with Gasteiger partial charge in [-0.25, -0.2) is 0 Å². The molecule has 2 aromatic rings. The number of carbonyl (C=O) groups is 2. The maximum Gasteiger partial charge on any atom is 0.278 e. The molecule has 1 aromatic carbocycles. The molecule has 2 amide bonds. The van der Waals surface area contributed by atoms with Crippen LogP contribution in [0.15, 0.2) is 22.7 Å². The quantitative estimate of drug-likeness (QED) is 0.868. The summed E-state index contributed by atoms with van der Waals surface area (Å²) in [7, 11) is 0. The van der Waals surface area contributed by atoms with Crippen LogP contribution in [-0.4, -0.2) is 23.1 Å². The number of nitrogens with two attached hydrogens (primary N) is 1. The van der Waals surface area contributed by atoms with Crippen molar-refractivity contribution >= 4 is 17.5 Å². The second-order valence-corrected chi connectivity index (χ2v) is 6.34. The lowest BCUT2D eigenvalue weighted by molar-refractivity contribution is 0.0989. The summed E-state index contributed by atoms with van der Waals surface area (Å²) < 4.78 is 10.8. The number of benzene rings is 1. The van der Waals surface area contributed by atoms with Crippen LogP contribution in [0.3, 0.4) is 0 Å². The van der Waals surface area contributed by atoms with Gasteiger partial charge >= 0.3 is 0 Å². The predicted octanol–water partition coefficient (Wildman–Crippen LogP) is 2.69. The van der Waals surface area contributed by atoms with Gasteiger partial charge in [-0.15, -0.1) is 0 Å². The normalized spacial score (nSPS) is 13.4. The number of hydrogen-bond acceptors (Lipinski definition) is 5. The smallest absolute Gasteiger partial charge is 0.278 e. The number of aryl methyl sites for hydroxylation is 1. The Balaban J connectivity index is 1.83. The van der Waals surface area contributed by atoms with Gasteiger partial charge in [0, 0.05) is 17.7 Å². The Morgan fingerprint density at radius 2 is 2.04 bits per heavy atom. The van der Waals surface area contributed by atoms with Gasteiger partial charge in [-0.05, 0) is 51.3 Å². The first kappa shape index (κ1) is 17.0. The van der Waals surface area contributed by atoms with Gasteiger partial charge in [-0.2, -0.15) is 0 Å². The highest BCUT2D eigenvalue weighted by Crippen LogP contribution is 2.27. The van der Waals surface area contributed by atoms with Gasteiger partial charge in [0.2, 0.25) is 0 Å². The molecule has 3 N–H and O–H groups in total. The highest BCUT2D eigenvalue weighted by molar-refractivity contribution is 6.05. The Labute approximate surface area is 145 Å². The average molecular weight is 343 g/mol. The topological polar surface area (TPSA) is 107 Å². The number of rotatable bonds is 5. The zero-order valence-electron chi connectivity index (χ0n) is 14.3. The van der Waals surface area contributed by atoms with Crippen LogP contribution in [0.4, 0.5) is 5.69 Å². The molecule has 0 saturated heterocycles. The molecule has 7 heteroatoms. The number of primary amides is 1. The van der Waals surface area contributed by atoms with E-state index >= 15 is 0 Å². The van der Waals surface area contributed by atoms with Gasteiger partial charge < -0.3 is 20.3 Å². The molecular weight excluding hydrogens is 322 g/mol. The summed E-state index contributed by atoms with van der Waals surface area (Å²) in [6, 6.07) is 4.78. The second-order valence-electron chi connectivity index (χ2n) is 6.34. The van der Waals surface area contributed by atoms with Crippen molar-refractivity contribution in [3.8, 4) is 5.75 Å². The number of carbonyl (C=O) groups excluding carboxylic acids is 2. The molecular formula is C18H21N3O4. The molecule has 0 unspecified atom stereocenters. The summed E-state index contributed by atoms with van der Waals surface area (Å²) in [6.07, 6.45) is 3.56. The minimum absolute atomic E-state index is 0.0970. The molecule has 0 radical (unpaired) electrons. The molecule has 7 nitrogen and oxygen atoms in total. The summed E-state index contributed by atoms with van der Waals surface area (Å²) in [4.78, 5) is 24.2. The minimum atomic E-state index is -0.620. The van der Waals surface area contributed by atoms with Gasteiger partial charge in [0.25, 0.3) is 11.8 Å². The number of fused-ring (bicyclic) bond motifs is 1. The number of ether oxygens (including phenoxy) is 1. The predicted molar refractivity (Wildman–Crippen MR) is 91.8 cm³/mol. The van der Waals surface area contributed by atoms with E-state index in [4.69, 9.17) is 15.0 Å². The largest absolute Gasteiger partial charge is 0.490 e. The first-order valence-corrected chi connectivity index (χ1v) is 8.35. The van der Waals surface area contributed by atoms with Gasteiger partial charge in [-0.1, -0.05) is 5.16 Å². The van der Waals surface area contributed by atoms with Crippen LogP contribution >= 0.6 is 0 Å². The van der Waals surface area contributed by atoms with E-state index in [0.717, 1.165) is 37.0 Å². The van der Waals surface area contributed by atoms with E-state index in [1.165, 1.54) is 6.07 Å². The van der Waals surface area contributed by atoms with Crippen molar-refractivity contribution in [2.45, 2.75) is 45.6 Å². The third-order valence-corrected chi connectivity index (χ3v) is 4.03. The van der Waals surface area contributed by atoms with Gasteiger partial charge in [0.1, 0.15) is 11.5 Å². The highest BCUT2D eigenvalue weighted by atomic mass is 16.5. The van der Waals surface area contributed by atoms with Crippen molar-refractivity contribution in [3.63, 3.8) is 0 Å². The van der Waals surface area contributed by atoms with E-state index in [1.807, 2.05) is 13.8 Å². The third-order valence-electron chi connectivity index (χ3n) is 4.03. The van der Waals surface area contributed by atoms with E-state index < -0.39 is 5.91 Å². The molecule has 1 aliphatic rings. The Kier molecular flexibility index (Phi) is 4.74. The lowest BCUT2D eigenvalue weighted by Gasteiger charge is -2.14. The zero-order valence-corrected chi connectivity index (χ0v) is 14.3. The van der Waals surface area contributed by atoms with E-state index in [2.05, 4.69) is 10.5 Å². The second kappa shape index (κ2) is 6.96. The molecule has 0 atom stereocenters. The maximum atomic E-state index is 12.5. The first-order valence-electron chi connectivity index (χ1n) is 8.35. The standard InChI is InChI=1S/C18H21N3O4/c1-10(2)24-14-8-7-11(9-13(14)17(19)22)20-18(23)16-12-5-3-4-6-15(12)25-21-16/h7-10H,3-6H2,1-2H3,(H2,19,22)(H,20,23). The number of amides is 2. The molecule has 132 valence electrons. The van der Waals surface area contributed by atoms with Gasteiger partial charge in [-0.3, -0.25) is 9.59 Å². The average Bonchev–Trinajstić information content (AvgIpc) is 2.99. The summed E-state index contributed by atoms with van der Waals surface area (Å²) in [5.41, 5.74) is 7.26. The number of nitrogens with zero attached hydrogens (tertiary/aromatic N) is 1. The number of hydrogen-bond donors (Lipinski definition) is 2. The van der Waals surface area contributed by atoms with E-state index in [-0.39, 0.29) is 17.6 Å². The fraction of sp³-hybridized carbons (Fsp3) is 0.389. The summed E-state index contributed by atoms with van der Waals surface area (Å²) in [5, 5.41) is 6.65.